The molecule has 0 aromatic heterocycles. The molecule has 1 saturated heterocycles. The fraction of sp³-hybridized carbons (Fsp3) is 1.00. The van der Waals surface area contributed by atoms with Crippen molar-refractivity contribution in [3.05, 3.63) is 0 Å². The van der Waals surface area contributed by atoms with E-state index in [0.717, 1.165) is 5.92 Å². The second kappa shape index (κ2) is 7.28. The first-order valence-corrected chi connectivity index (χ1v) is 6.37. The molecule has 1 unspecified atom stereocenters. The molecule has 0 aliphatic carbocycles. The van der Waals surface area contributed by atoms with Crippen LogP contribution in [0.4, 0.5) is 0 Å². The van der Waals surface area contributed by atoms with Crippen molar-refractivity contribution in [2.75, 3.05) is 27.2 Å². The van der Waals surface area contributed by atoms with Gasteiger partial charge in [0.1, 0.15) is 0 Å². The molecule has 0 amide bonds. The van der Waals surface area contributed by atoms with Crippen molar-refractivity contribution in [3.8, 4) is 0 Å². The minimum atomic E-state index is 0.993. The maximum Gasteiger partial charge on any atom is 0.0810 e. The maximum atomic E-state index is 2.37. The van der Waals surface area contributed by atoms with E-state index in [1.165, 1.54) is 49.7 Å². The summed E-state index contributed by atoms with van der Waals surface area (Å²) < 4.78 is 1.25. The lowest BCUT2D eigenvalue weighted by atomic mass is 10.0. The standard InChI is InChI=1S/C10H22N.C3H8/c1-4-10-7-5-6-8-11(2,3)9-10;1-3-2/h10H,4-9H2,1-3H3;3H2,1-2H3/q+1;. The van der Waals surface area contributed by atoms with Crippen molar-refractivity contribution in [1.82, 2.24) is 0 Å². The Morgan fingerprint density at radius 3 is 2.14 bits per heavy atom. The van der Waals surface area contributed by atoms with Gasteiger partial charge in [-0.1, -0.05) is 27.2 Å². The lowest BCUT2D eigenvalue weighted by molar-refractivity contribution is -0.892. The van der Waals surface area contributed by atoms with E-state index in [4.69, 9.17) is 0 Å². The van der Waals surface area contributed by atoms with E-state index in [1.54, 1.807) is 0 Å². The summed E-state index contributed by atoms with van der Waals surface area (Å²) in [6, 6.07) is 0. The quantitative estimate of drug-likeness (QED) is 0.566. The molecule has 0 spiro atoms. The highest BCUT2D eigenvalue weighted by molar-refractivity contribution is 4.60. The van der Waals surface area contributed by atoms with Crippen LogP contribution in [0, 0.1) is 5.92 Å². The second-order valence-electron chi connectivity index (χ2n) is 5.32. The lowest BCUT2D eigenvalue weighted by Gasteiger charge is -2.30. The molecule has 0 saturated carbocycles. The van der Waals surface area contributed by atoms with Crippen LogP contribution in [-0.4, -0.2) is 31.7 Å². The van der Waals surface area contributed by atoms with E-state index >= 15 is 0 Å². The van der Waals surface area contributed by atoms with E-state index in [2.05, 4.69) is 34.9 Å². The smallest absolute Gasteiger partial charge is 0.0810 e. The van der Waals surface area contributed by atoms with Gasteiger partial charge in [0.05, 0.1) is 27.2 Å². The summed E-state index contributed by atoms with van der Waals surface area (Å²) in [5.74, 6) is 0.993. The second-order valence-corrected chi connectivity index (χ2v) is 5.32. The monoisotopic (exact) mass is 200 g/mol. The van der Waals surface area contributed by atoms with E-state index < -0.39 is 0 Å². The third-order valence-corrected chi connectivity index (χ3v) is 2.96. The summed E-state index contributed by atoms with van der Waals surface area (Å²) in [4.78, 5) is 0. The molecule has 0 aromatic rings. The summed E-state index contributed by atoms with van der Waals surface area (Å²) in [5.41, 5.74) is 0. The number of rotatable bonds is 1. The van der Waals surface area contributed by atoms with Crippen LogP contribution in [-0.2, 0) is 0 Å². The predicted octanol–water partition coefficient (Wildman–Crippen LogP) is 3.69. The maximum absolute atomic E-state index is 2.37. The molecule has 1 aliphatic heterocycles. The van der Waals surface area contributed by atoms with Gasteiger partial charge in [0, 0.05) is 5.92 Å². The summed E-state index contributed by atoms with van der Waals surface area (Å²) in [6.07, 6.45) is 6.99. The molecule has 0 aromatic carbocycles. The Morgan fingerprint density at radius 1 is 1.07 bits per heavy atom. The largest absolute Gasteiger partial charge is 0.328 e. The van der Waals surface area contributed by atoms with Gasteiger partial charge in [-0.2, -0.15) is 0 Å². The zero-order chi connectivity index (χ0) is 11.0. The molecule has 1 rings (SSSR count). The van der Waals surface area contributed by atoms with Crippen LogP contribution in [0.3, 0.4) is 0 Å². The van der Waals surface area contributed by atoms with Crippen molar-refractivity contribution in [3.63, 3.8) is 0 Å². The van der Waals surface area contributed by atoms with Crippen molar-refractivity contribution in [2.24, 2.45) is 5.92 Å². The molecule has 0 N–H and O–H groups in total. The highest BCUT2D eigenvalue weighted by atomic mass is 15.3. The Bertz CT molecular complexity index is 129. The number of hydrogen-bond acceptors (Lipinski definition) is 0. The Labute approximate surface area is 91.1 Å². The van der Waals surface area contributed by atoms with E-state index in [1.807, 2.05) is 0 Å². The molecule has 1 nitrogen and oxygen atoms in total. The molecule has 14 heavy (non-hydrogen) atoms. The van der Waals surface area contributed by atoms with E-state index in [-0.39, 0.29) is 0 Å². The fourth-order valence-electron chi connectivity index (χ4n) is 2.19. The van der Waals surface area contributed by atoms with Gasteiger partial charge in [-0.15, -0.1) is 0 Å². The van der Waals surface area contributed by atoms with Crippen molar-refractivity contribution < 1.29 is 4.48 Å². The fourth-order valence-corrected chi connectivity index (χ4v) is 2.19. The van der Waals surface area contributed by atoms with Crippen LogP contribution in [0.5, 0.6) is 0 Å². The van der Waals surface area contributed by atoms with Gasteiger partial charge in [-0.05, 0) is 25.7 Å². The minimum absolute atomic E-state index is 0.993. The number of nitrogens with zero attached hydrogens (tertiary/aromatic N) is 1. The molecule has 1 atom stereocenters. The molecule has 0 bridgehead atoms. The summed E-state index contributed by atoms with van der Waals surface area (Å²) in [5, 5.41) is 0. The minimum Gasteiger partial charge on any atom is -0.328 e. The zero-order valence-corrected chi connectivity index (χ0v) is 11.0. The average Bonchev–Trinajstić information content (AvgIpc) is 2.27. The summed E-state index contributed by atoms with van der Waals surface area (Å²) in [6.45, 7) is 9.36. The third kappa shape index (κ3) is 6.42. The van der Waals surface area contributed by atoms with Crippen LogP contribution in [0.2, 0.25) is 0 Å². The lowest BCUT2D eigenvalue weighted by Crippen LogP contribution is -2.42. The van der Waals surface area contributed by atoms with E-state index in [9.17, 15) is 0 Å². The molecule has 1 heterocycles. The number of hydrogen-bond donors (Lipinski definition) is 0. The Hall–Kier alpha value is -0.0400. The molecular weight excluding hydrogens is 170 g/mol. The molecule has 86 valence electrons. The zero-order valence-electron chi connectivity index (χ0n) is 11.0. The first-order chi connectivity index (χ1) is 6.55. The van der Waals surface area contributed by atoms with Crippen LogP contribution in [0.15, 0.2) is 0 Å². The summed E-state index contributed by atoms with van der Waals surface area (Å²) in [7, 11) is 4.74. The van der Waals surface area contributed by atoms with Gasteiger partial charge in [0.2, 0.25) is 0 Å². The van der Waals surface area contributed by atoms with E-state index in [0.29, 0.717) is 0 Å². The van der Waals surface area contributed by atoms with Gasteiger partial charge in [-0.25, -0.2) is 0 Å². The normalized spacial score (nSPS) is 25.9. The van der Waals surface area contributed by atoms with Crippen LogP contribution in [0.25, 0.3) is 0 Å². The predicted molar refractivity (Wildman–Crippen MR) is 65.4 cm³/mol. The Kier molecular flexibility index (Phi) is 7.26. The molecule has 1 aliphatic rings. The van der Waals surface area contributed by atoms with Gasteiger partial charge in [-0.3, -0.25) is 0 Å². The molecule has 1 fully saturated rings. The Balaban J connectivity index is 0.000000500. The van der Waals surface area contributed by atoms with Gasteiger partial charge >= 0.3 is 0 Å². The molecule has 0 radical (unpaired) electrons. The number of quaternary nitrogens is 1. The molecule has 1 heteroatoms. The SMILES string of the molecule is CCC.CCC1CCCC[N+](C)(C)C1. The highest BCUT2D eigenvalue weighted by Gasteiger charge is 2.23. The van der Waals surface area contributed by atoms with Crippen molar-refractivity contribution in [2.45, 2.75) is 52.9 Å². The summed E-state index contributed by atoms with van der Waals surface area (Å²) >= 11 is 0. The Morgan fingerprint density at radius 2 is 1.64 bits per heavy atom. The number of likely N-dealkylation sites (tertiary alicyclic amines) is 1. The van der Waals surface area contributed by atoms with Crippen LogP contribution >= 0.6 is 0 Å². The highest BCUT2D eigenvalue weighted by Crippen LogP contribution is 2.21. The first-order valence-electron chi connectivity index (χ1n) is 6.37. The van der Waals surface area contributed by atoms with Crippen molar-refractivity contribution in [1.29, 1.82) is 0 Å². The van der Waals surface area contributed by atoms with Crippen LogP contribution in [0.1, 0.15) is 52.9 Å². The third-order valence-electron chi connectivity index (χ3n) is 2.96. The van der Waals surface area contributed by atoms with Crippen molar-refractivity contribution >= 4 is 0 Å². The van der Waals surface area contributed by atoms with Crippen LogP contribution < -0.4 is 0 Å². The molecular formula is C13H30N+. The van der Waals surface area contributed by atoms with Gasteiger partial charge < -0.3 is 4.48 Å². The first kappa shape index (κ1) is 14.0. The topological polar surface area (TPSA) is 0 Å². The van der Waals surface area contributed by atoms with Gasteiger partial charge in [0.15, 0.2) is 0 Å². The van der Waals surface area contributed by atoms with Gasteiger partial charge in [0.25, 0.3) is 0 Å². The average molecular weight is 200 g/mol.